The molecule has 0 spiro atoms. The molecular formula is C14H23N3O2. The second-order valence-electron chi connectivity index (χ2n) is 5.03. The summed E-state index contributed by atoms with van der Waals surface area (Å²) in [5.41, 5.74) is 0.728. The van der Waals surface area contributed by atoms with Crippen LogP contribution in [0.3, 0.4) is 0 Å². The highest BCUT2D eigenvalue weighted by Crippen LogP contribution is 2.26. The lowest BCUT2D eigenvalue weighted by atomic mass is 9.90. The molecule has 0 atom stereocenters. The Balaban J connectivity index is 2.04. The van der Waals surface area contributed by atoms with Gasteiger partial charge in [0.25, 0.3) is 0 Å². The van der Waals surface area contributed by atoms with E-state index in [4.69, 9.17) is 4.74 Å². The molecule has 106 valence electrons. The van der Waals surface area contributed by atoms with Crippen molar-refractivity contribution in [3.63, 3.8) is 0 Å². The molecule has 1 fully saturated rings. The molecule has 5 heteroatoms. The Bertz CT molecular complexity index is 392. The maximum Gasteiger partial charge on any atom is 0.127 e. The highest BCUT2D eigenvalue weighted by Gasteiger charge is 2.31. The molecule has 0 unspecified atom stereocenters. The maximum atomic E-state index is 9.66. The predicted octanol–water partition coefficient (Wildman–Crippen LogP) is 1.86. The molecule has 1 saturated heterocycles. The van der Waals surface area contributed by atoms with Crippen molar-refractivity contribution in [1.82, 2.24) is 4.98 Å². The Morgan fingerprint density at radius 1 is 1.42 bits per heavy atom. The van der Waals surface area contributed by atoms with Gasteiger partial charge in [0, 0.05) is 37.7 Å². The van der Waals surface area contributed by atoms with Gasteiger partial charge in [-0.25, -0.2) is 4.98 Å². The van der Waals surface area contributed by atoms with Crippen LogP contribution in [0.4, 0.5) is 11.5 Å². The third-order valence-electron chi connectivity index (χ3n) is 3.48. The molecule has 1 aliphatic rings. The first-order valence-corrected chi connectivity index (χ1v) is 6.95. The highest BCUT2D eigenvalue weighted by molar-refractivity contribution is 5.53. The Labute approximate surface area is 114 Å². The third-order valence-corrected chi connectivity index (χ3v) is 3.48. The molecule has 1 aliphatic heterocycles. The Hall–Kier alpha value is -1.33. The fraction of sp³-hybridized carbons (Fsp3) is 0.643. The van der Waals surface area contributed by atoms with Gasteiger partial charge in [0.1, 0.15) is 5.82 Å². The highest BCUT2D eigenvalue weighted by atomic mass is 16.5. The summed E-state index contributed by atoms with van der Waals surface area (Å²) in [5.74, 6) is 0.868. The number of aromatic nitrogens is 1. The molecule has 0 saturated carbocycles. The summed E-state index contributed by atoms with van der Waals surface area (Å²) in [6, 6.07) is 3.92. The fourth-order valence-corrected chi connectivity index (χ4v) is 2.25. The van der Waals surface area contributed by atoms with Gasteiger partial charge in [-0.15, -0.1) is 0 Å². The molecule has 0 bridgehead atoms. The molecule has 2 rings (SSSR count). The molecule has 1 aromatic heterocycles. The van der Waals surface area contributed by atoms with Gasteiger partial charge in [0.05, 0.1) is 12.1 Å². The lowest BCUT2D eigenvalue weighted by Crippen LogP contribution is -2.46. The molecule has 0 aromatic carbocycles. The second-order valence-corrected chi connectivity index (χ2v) is 5.03. The van der Waals surface area contributed by atoms with E-state index in [-0.39, 0.29) is 12.1 Å². The van der Waals surface area contributed by atoms with E-state index in [2.05, 4.69) is 22.5 Å². The van der Waals surface area contributed by atoms with E-state index >= 15 is 0 Å². The Kier molecular flexibility index (Phi) is 4.99. The summed E-state index contributed by atoms with van der Waals surface area (Å²) in [4.78, 5) is 4.28. The Morgan fingerprint density at radius 3 is 2.89 bits per heavy atom. The van der Waals surface area contributed by atoms with Crippen LogP contribution in [0.2, 0.25) is 0 Å². The van der Waals surface area contributed by atoms with Crippen molar-refractivity contribution < 1.29 is 9.84 Å². The van der Waals surface area contributed by atoms with Gasteiger partial charge >= 0.3 is 0 Å². The van der Waals surface area contributed by atoms with Crippen LogP contribution in [0.5, 0.6) is 0 Å². The minimum absolute atomic E-state index is 0.121. The van der Waals surface area contributed by atoms with Gasteiger partial charge in [-0.05, 0) is 25.3 Å². The van der Waals surface area contributed by atoms with Gasteiger partial charge in [-0.2, -0.15) is 0 Å². The van der Waals surface area contributed by atoms with Crippen LogP contribution in [0.25, 0.3) is 0 Å². The topological polar surface area (TPSA) is 66.4 Å². The maximum absolute atomic E-state index is 9.66. The number of nitrogens with zero attached hydrogens (tertiary/aromatic N) is 1. The quantitative estimate of drug-likeness (QED) is 0.732. The predicted molar refractivity (Wildman–Crippen MR) is 76.5 cm³/mol. The van der Waals surface area contributed by atoms with E-state index < -0.39 is 0 Å². The fourth-order valence-electron chi connectivity index (χ4n) is 2.25. The molecule has 1 aromatic rings. The molecule has 0 radical (unpaired) electrons. The van der Waals surface area contributed by atoms with E-state index in [0.717, 1.165) is 37.3 Å². The van der Waals surface area contributed by atoms with Gasteiger partial charge in [-0.1, -0.05) is 6.92 Å². The molecule has 5 nitrogen and oxygen atoms in total. The molecule has 0 aliphatic carbocycles. The van der Waals surface area contributed by atoms with Crippen LogP contribution in [0.15, 0.2) is 18.3 Å². The zero-order valence-corrected chi connectivity index (χ0v) is 11.5. The van der Waals surface area contributed by atoms with E-state index in [9.17, 15) is 5.11 Å². The molecule has 0 amide bonds. The number of ether oxygens (including phenoxy) is 1. The summed E-state index contributed by atoms with van der Waals surface area (Å²) in [7, 11) is 0. The second kappa shape index (κ2) is 6.73. The van der Waals surface area contributed by atoms with Crippen molar-refractivity contribution in [2.24, 2.45) is 0 Å². The number of hydrogen-bond donors (Lipinski definition) is 3. The van der Waals surface area contributed by atoms with Crippen molar-refractivity contribution in [3.05, 3.63) is 18.3 Å². The molecule has 3 N–H and O–H groups in total. The van der Waals surface area contributed by atoms with Crippen LogP contribution >= 0.6 is 0 Å². The van der Waals surface area contributed by atoms with Crippen molar-refractivity contribution in [1.29, 1.82) is 0 Å². The van der Waals surface area contributed by atoms with Crippen LogP contribution in [-0.2, 0) is 4.74 Å². The van der Waals surface area contributed by atoms with E-state index in [1.54, 1.807) is 6.20 Å². The van der Waals surface area contributed by atoms with Crippen molar-refractivity contribution >= 4 is 11.5 Å². The standard InChI is InChI=1S/C14H23N3O2/c1-2-6-15-13-10-12(3-7-16-13)17-14(11-18)4-8-19-9-5-14/h3,7,10,18H,2,4-6,8-9,11H2,1H3,(H2,15,16,17). The van der Waals surface area contributed by atoms with Crippen molar-refractivity contribution in [2.75, 3.05) is 37.0 Å². The lowest BCUT2D eigenvalue weighted by Gasteiger charge is -2.37. The van der Waals surface area contributed by atoms with Crippen molar-refractivity contribution in [3.8, 4) is 0 Å². The summed E-state index contributed by atoms with van der Waals surface area (Å²) in [6.07, 6.45) is 4.50. The number of rotatable bonds is 6. The monoisotopic (exact) mass is 265 g/mol. The number of pyridine rings is 1. The zero-order valence-electron chi connectivity index (χ0n) is 11.5. The average Bonchev–Trinajstić information content (AvgIpc) is 2.46. The van der Waals surface area contributed by atoms with Gasteiger partial charge in [0.2, 0.25) is 0 Å². The van der Waals surface area contributed by atoms with Crippen LogP contribution in [0, 0.1) is 0 Å². The van der Waals surface area contributed by atoms with E-state index in [0.29, 0.717) is 13.2 Å². The van der Waals surface area contributed by atoms with E-state index in [1.807, 2.05) is 12.1 Å². The first-order valence-electron chi connectivity index (χ1n) is 6.95. The van der Waals surface area contributed by atoms with Gasteiger partial charge in [0.15, 0.2) is 0 Å². The molecular weight excluding hydrogens is 242 g/mol. The van der Waals surface area contributed by atoms with Crippen LogP contribution in [0.1, 0.15) is 26.2 Å². The largest absolute Gasteiger partial charge is 0.394 e. The number of hydrogen-bond acceptors (Lipinski definition) is 5. The van der Waals surface area contributed by atoms with Crippen LogP contribution < -0.4 is 10.6 Å². The van der Waals surface area contributed by atoms with Gasteiger partial charge in [-0.3, -0.25) is 0 Å². The summed E-state index contributed by atoms with van der Waals surface area (Å²) >= 11 is 0. The zero-order chi connectivity index (χ0) is 13.6. The average molecular weight is 265 g/mol. The normalized spacial score (nSPS) is 18.0. The van der Waals surface area contributed by atoms with E-state index in [1.165, 1.54) is 0 Å². The molecule has 2 heterocycles. The summed E-state index contributed by atoms with van der Waals surface area (Å²) < 4.78 is 5.37. The number of anilines is 2. The summed E-state index contributed by atoms with van der Waals surface area (Å²) in [5, 5.41) is 16.4. The first-order chi connectivity index (χ1) is 9.28. The summed E-state index contributed by atoms with van der Waals surface area (Å²) in [6.45, 7) is 4.54. The van der Waals surface area contributed by atoms with Crippen LogP contribution in [-0.4, -0.2) is 42.0 Å². The minimum atomic E-state index is -0.262. The smallest absolute Gasteiger partial charge is 0.127 e. The third kappa shape index (κ3) is 3.81. The minimum Gasteiger partial charge on any atom is -0.394 e. The van der Waals surface area contributed by atoms with Crippen molar-refractivity contribution in [2.45, 2.75) is 31.7 Å². The lowest BCUT2D eigenvalue weighted by molar-refractivity contribution is 0.0380. The SMILES string of the molecule is CCCNc1cc(NC2(CO)CCOCC2)ccn1. The Morgan fingerprint density at radius 2 is 2.21 bits per heavy atom. The number of aliphatic hydroxyl groups excluding tert-OH is 1. The number of nitrogens with one attached hydrogen (secondary N) is 2. The first kappa shape index (κ1) is 14.1. The number of aliphatic hydroxyl groups is 1. The van der Waals surface area contributed by atoms with Gasteiger partial charge < -0.3 is 20.5 Å². The molecule has 19 heavy (non-hydrogen) atoms.